The summed E-state index contributed by atoms with van der Waals surface area (Å²) in [6.45, 7) is 6.34. The van der Waals surface area contributed by atoms with E-state index >= 15 is 0 Å². The van der Waals surface area contributed by atoms with Crippen molar-refractivity contribution in [3.63, 3.8) is 0 Å². The summed E-state index contributed by atoms with van der Waals surface area (Å²) in [5, 5.41) is 3.47. The van der Waals surface area contributed by atoms with Gasteiger partial charge in [0.2, 0.25) is 5.91 Å². The summed E-state index contributed by atoms with van der Waals surface area (Å²) in [6, 6.07) is 0.757. The molecule has 1 aliphatic carbocycles. The van der Waals surface area contributed by atoms with Crippen molar-refractivity contribution in [2.45, 2.75) is 58.0 Å². The number of nitrogens with zero attached hydrogens (tertiary/aromatic N) is 1. The number of likely N-dealkylation sites (tertiary alicyclic amines) is 1. The van der Waals surface area contributed by atoms with Crippen molar-refractivity contribution in [3.8, 4) is 0 Å². The van der Waals surface area contributed by atoms with Gasteiger partial charge < -0.3 is 10.2 Å². The SMILES string of the molecule is CC(C)CCN1CCCC(NC2CC2)C1=O. The van der Waals surface area contributed by atoms with Crippen molar-refractivity contribution >= 4 is 5.91 Å². The molecule has 16 heavy (non-hydrogen) atoms. The lowest BCUT2D eigenvalue weighted by Crippen LogP contribution is -2.51. The molecule has 2 fully saturated rings. The molecule has 0 spiro atoms. The van der Waals surface area contributed by atoms with Crippen molar-refractivity contribution in [1.82, 2.24) is 10.2 Å². The molecular formula is C13H24N2O. The zero-order chi connectivity index (χ0) is 11.5. The lowest BCUT2D eigenvalue weighted by Gasteiger charge is -2.33. The highest BCUT2D eigenvalue weighted by atomic mass is 16.2. The highest BCUT2D eigenvalue weighted by molar-refractivity contribution is 5.82. The van der Waals surface area contributed by atoms with Crippen LogP contribution in [-0.4, -0.2) is 36.0 Å². The predicted molar refractivity (Wildman–Crippen MR) is 65.2 cm³/mol. The van der Waals surface area contributed by atoms with Crippen LogP contribution in [0.15, 0.2) is 0 Å². The monoisotopic (exact) mass is 224 g/mol. The lowest BCUT2D eigenvalue weighted by atomic mass is 10.0. The van der Waals surface area contributed by atoms with Crippen LogP contribution in [0.2, 0.25) is 0 Å². The van der Waals surface area contributed by atoms with Gasteiger partial charge in [-0.05, 0) is 38.0 Å². The van der Waals surface area contributed by atoms with E-state index in [1.165, 1.54) is 12.8 Å². The first-order chi connectivity index (χ1) is 7.66. The third kappa shape index (κ3) is 3.21. The van der Waals surface area contributed by atoms with Crippen LogP contribution in [0.5, 0.6) is 0 Å². The van der Waals surface area contributed by atoms with Crippen LogP contribution in [0.3, 0.4) is 0 Å². The van der Waals surface area contributed by atoms with Gasteiger partial charge in [0.1, 0.15) is 0 Å². The van der Waals surface area contributed by atoms with E-state index in [2.05, 4.69) is 24.1 Å². The fraction of sp³-hybridized carbons (Fsp3) is 0.923. The van der Waals surface area contributed by atoms with Crippen molar-refractivity contribution in [2.24, 2.45) is 5.92 Å². The maximum Gasteiger partial charge on any atom is 0.239 e. The summed E-state index contributed by atoms with van der Waals surface area (Å²) < 4.78 is 0. The lowest BCUT2D eigenvalue weighted by molar-refractivity contribution is -0.136. The molecule has 3 nitrogen and oxygen atoms in total. The van der Waals surface area contributed by atoms with E-state index < -0.39 is 0 Å². The maximum atomic E-state index is 12.2. The maximum absolute atomic E-state index is 12.2. The Bertz CT molecular complexity index is 248. The Kier molecular flexibility index (Phi) is 3.85. The molecule has 1 amide bonds. The zero-order valence-electron chi connectivity index (χ0n) is 10.5. The first-order valence-corrected chi connectivity index (χ1v) is 6.71. The largest absolute Gasteiger partial charge is 0.341 e. The number of hydrogen-bond acceptors (Lipinski definition) is 2. The molecule has 2 rings (SSSR count). The third-order valence-electron chi connectivity index (χ3n) is 3.52. The van der Waals surface area contributed by atoms with Crippen LogP contribution in [-0.2, 0) is 4.79 Å². The standard InChI is InChI=1S/C13H24N2O/c1-10(2)7-9-15-8-3-4-12(13(15)16)14-11-5-6-11/h10-12,14H,3-9H2,1-2H3. The molecule has 0 radical (unpaired) electrons. The number of rotatable bonds is 5. The number of piperidine rings is 1. The molecule has 0 aromatic rings. The molecule has 92 valence electrons. The molecule has 2 aliphatic rings. The molecule has 0 bridgehead atoms. The van der Waals surface area contributed by atoms with Crippen molar-refractivity contribution in [3.05, 3.63) is 0 Å². The van der Waals surface area contributed by atoms with Gasteiger partial charge in [0, 0.05) is 19.1 Å². The van der Waals surface area contributed by atoms with Gasteiger partial charge in [0.05, 0.1) is 6.04 Å². The van der Waals surface area contributed by atoms with Crippen LogP contribution in [0.4, 0.5) is 0 Å². The van der Waals surface area contributed by atoms with Gasteiger partial charge in [-0.3, -0.25) is 4.79 Å². The first-order valence-electron chi connectivity index (χ1n) is 6.71. The Labute approximate surface area is 98.6 Å². The summed E-state index contributed by atoms with van der Waals surface area (Å²) in [4.78, 5) is 14.2. The Morgan fingerprint density at radius 3 is 2.75 bits per heavy atom. The van der Waals surface area contributed by atoms with Gasteiger partial charge in [-0.15, -0.1) is 0 Å². The van der Waals surface area contributed by atoms with E-state index in [4.69, 9.17) is 0 Å². The molecule has 1 N–H and O–H groups in total. The quantitative estimate of drug-likeness (QED) is 0.772. The van der Waals surface area contributed by atoms with E-state index in [0.29, 0.717) is 17.9 Å². The van der Waals surface area contributed by atoms with Crippen LogP contribution in [0.1, 0.15) is 46.0 Å². The Hall–Kier alpha value is -0.570. The fourth-order valence-electron chi connectivity index (χ4n) is 2.27. The van der Waals surface area contributed by atoms with Crippen molar-refractivity contribution in [1.29, 1.82) is 0 Å². The summed E-state index contributed by atoms with van der Waals surface area (Å²) in [7, 11) is 0. The van der Waals surface area contributed by atoms with E-state index in [-0.39, 0.29) is 6.04 Å². The van der Waals surface area contributed by atoms with E-state index in [1.54, 1.807) is 0 Å². The molecule has 1 saturated carbocycles. The van der Waals surface area contributed by atoms with Gasteiger partial charge in [-0.2, -0.15) is 0 Å². The van der Waals surface area contributed by atoms with Gasteiger partial charge in [-0.25, -0.2) is 0 Å². The molecule has 1 heterocycles. The molecule has 1 aliphatic heterocycles. The number of carbonyl (C=O) groups is 1. The highest BCUT2D eigenvalue weighted by Gasteiger charge is 2.32. The summed E-state index contributed by atoms with van der Waals surface area (Å²) in [5.41, 5.74) is 0. The average Bonchev–Trinajstić information content (AvgIpc) is 3.03. The highest BCUT2D eigenvalue weighted by Crippen LogP contribution is 2.22. The number of hydrogen-bond donors (Lipinski definition) is 1. The van der Waals surface area contributed by atoms with Gasteiger partial charge in [0.15, 0.2) is 0 Å². The van der Waals surface area contributed by atoms with Gasteiger partial charge in [0.25, 0.3) is 0 Å². The molecule has 0 aromatic heterocycles. The van der Waals surface area contributed by atoms with E-state index in [9.17, 15) is 4.79 Å². The van der Waals surface area contributed by atoms with Crippen LogP contribution < -0.4 is 5.32 Å². The molecule has 0 aromatic carbocycles. The second-order valence-corrected chi connectivity index (χ2v) is 5.64. The van der Waals surface area contributed by atoms with Crippen LogP contribution in [0.25, 0.3) is 0 Å². The van der Waals surface area contributed by atoms with Gasteiger partial charge >= 0.3 is 0 Å². The minimum atomic E-state index is 0.119. The number of nitrogens with one attached hydrogen (secondary N) is 1. The average molecular weight is 224 g/mol. The Morgan fingerprint density at radius 1 is 1.38 bits per heavy atom. The predicted octanol–water partition coefficient (Wildman–Crippen LogP) is 1.78. The zero-order valence-corrected chi connectivity index (χ0v) is 10.5. The molecular weight excluding hydrogens is 200 g/mol. The summed E-state index contributed by atoms with van der Waals surface area (Å²) >= 11 is 0. The fourth-order valence-corrected chi connectivity index (χ4v) is 2.27. The van der Waals surface area contributed by atoms with Crippen LogP contribution >= 0.6 is 0 Å². The second-order valence-electron chi connectivity index (χ2n) is 5.64. The van der Waals surface area contributed by atoms with E-state index in [0.717, 1.165) is 32.4 Å². The number of carbonyl (C=O) groups excluding carboxylic acids is 1. The normalized spacial score (nSPS) is 26.6. The second kappa shape index (κ2) is 5.17. The van der Waals surface area contributed by atoms with Crippen molar-refractivity contribution < 1.29 is 4.79 Å². The molecule has 1 atom stereocenters. The van der Waals surface area contributed by atoms with Crippen molar-refractivity contribution in [2.75, 3.05) is 13.1 Å². The molecule has 3 heteroatoms. The van der Waals surface area contributed by atoms with Gasteiger partial charge in [-0.1, -0.05) is 13.8 Å². The molecule has 1 saturated heterocycles. The molecule has 1 unspecified atom stereocenters. The number of amides is 1. The summed E-state index contributed by atoms with van der Waals surface area (Å²) in [5.74, 6) is 1.03. The minimum Gasteiger partial charge on any atom is -0.341 e. The first kappa shape index (κ1) is 11.9. The minimum absolute atomic E-state index is 0.119. The smallest absolute Gasteiger partial charge is 0.239 e. The summed E-state index contributed by atoms with van der Waals surface area (Å²) in [6.07, 6.45) is 5.84. The van der Waals surface area contributed by atoms with E-state index in [1.807, 2.05) is 0 Å². The Balaban J connectivity index is 1.80. The third-order valence-corrected chi connectivity index (χ3v) is 3.52. The van der Waals surface area contributed by atoms with Crippen LogP contribution in [0, 0.1) is 5.92 Å². The Morgan fingerprint density at radius 2 is 2.12 bits per heavy atom. The topological polar surface area (TPSA) is 32.3 Å².